The predicted octanol–water partition coefficient (Wildman–Crippen LogP) is 3.61. The van der Waals surface area contributed by atoms with E-state index in [0.717, 1.165) is 12.3 Å². The lowest BCUT2D eigenvalue weighted by molar-refractivity contribution is -0.141. The molecule has 0 aliphatic heterocycles. The molecule has 0 N–H and O–H groups in total. The maximum Gasteiger partial charge on any atom is 0.433 e. The van der Waals surface area contributed by atoms with Crippen molar-refractivity contribution >= 4 is 0 Å². The van der Waals surface area contributed by atoms with Crippen molar-refractivity contribution in [1.82, 2.24) is 9.97 Å². The Bertz CT molecular complexity index is 579. The van der Waals surface area contributed by atoms with Crippen LogP contribution in [-0.4, -0.2) is 9.97 Å². The molecule has 0 aliphatic rings. The second-order valence-electron chi connectivity index (χ2n) is 3.70. The van der Waals surface area contributed by atoms with Gasteiger partial charge in [-0.05, 0) is 24.6 Å². The van der Waals surface area contributed by atoms with E-state index in [4.69, 9.17) is 0 Å². The third-order valence-corrected chi connectivity index (χ3v) is 2.38. The van der Waals surface area contributed by atoms with Crippen LogP contribution < -0.4 is 0 Å². The van der Waals surface area contributed by atoms with Crippen LogP contribution in [0.1, 0.15) is 11.3 Å². The first-order valence-corrected chi connectivity index (χ1v) is 5.05. The molecule has 0 amide bonds. The minimum atomic E-state index is -4.57. The molecule has 0 saturated heterocycles. The molecule has 0 radical (unpaired) electrons. The number of benzene rings is 1. The number of aromatic nitrogens is 2. The number of hydrogen-bond acceptors (Lipinski definition) is 2. The monoisotopic (exact) mass is 256 g/mol. The van der Waals surface area contributed by atoms with Crippen molar-refractivity contribution < 1.29 is 17.6 Å². The maximum absolute atomic E-state index is 13.8. The van der Waals surface area contributed by atoms with E-state index in [9.17, 15) is 17.6 Å². The van der Waals surface area contributed by atoms with Gasteiger partial charge < -0.3 is 0 Å². The largest absolute Gasteiger partial charge is 0.433 e. The van der Waals surface area contributed by atoms with Crippen LogP contribution >= 0.6 is 0 Å². The average molecular weight is 256 g/mol. The van der Waals surface area contributed by atoms with Gasteiger partial charge in [-0.25, -0.2) is 14.4 Å². The van der Waals surface area contributed by atoms with Crippen molar-refractivity contribution in [3.8, 4) is 11.4 Å². The lowest BCUT2D eigenvalue weighted by Crippen LogP contribution is -2.09. The molecule has 18 heavy (non-hydrogen) atoms. The Morgan fingerprint density at radius 1 is 1.11 bits per heavy atom. The van der Waals surface area contributed by atoms with Gasteiger partial charge in [0.05, 0.1) is 5.56 Å². The highest BCUT2D eigenvalue weighted by molar-refractivity contribution is 5.57. The fourth-order valence-electron chi connectivity index (χ4n) is 1.47. The number of hydrogen-bond donors (Lipinski definition) is 0. The summed E-state index contributed by atoms with van der Waals surface area (Å²) in [7, 11) is 0. The highest BCUT2D eigenvalue weighted by Gasteiger charge is 2.33. The van der Waals surface area contributed by atoms with Crippen molar-refractivity contribution in [2.75, 3.05) is 0 Å². The number of halogens is 4. The molecule has 0 fully saturated rings. The molecule has 1 aromatic carbocycles. The minimum Gasteiger partial charge on any atom is -0.236 e. The molecule has 0 unspecified atom stereocenters. The predicted molar refractivity (Wildman–Crippen MR) is 57.2 cm³/mol. The Morgan fingerprint density at radius 2 is 1.83 bits per heavy atom. The molecule has 2 aromatic rings. The Morgan fingerprint density at radius 3 is 2.50 bits per heavy atom. The molecule has 0 spiro atoms. The van der Waals surface area contributed by atoms with Crippen LogP contribution in [0.25, 0.3) is 11.4 Å². The highest BCUT2D eigenvalue weighted by Crippen LogP contribution is 2.29. The molecule has 0 saturated carbocycles. The molecule has 6 heteroatoms. The van der Waals surface area contributed by atoms with Gasteiger partial charge in [0.1, 0.15) is 11.5 Å². The Labute approximate surface area is 100 Å². The second kappa shape index (κ2) is 4.36. The van der Waals surface area contributed by atoms with Crippen molar-refractivity contribution in [2.45, 2.75) is 13.1 Å². The molecule has 1 heterocycles. The number of aryl methyl sites for hydroxylation is 1. The standard InChI is InChI=1S/C12H8F4N2/c1-7-3-2-4-8(10(7)13)11-17-6-5-9(18-11)12(14,15)16/h2-6H,1H3. The summed E-state index contributed by atoms with van der Waals surface area (Å²) in [6.07, 6.45) is -3.61. The van der Waals surface area contributed by atoms with Gasteiger partial charge in [0.2, 0.25) is 0 Å². The third-order valence-electron chi connectivity index (χ3n) is 2.38. The molecule has 2 rings (SSSR count). The van der Waals surface area contributed by atoms with Gasteiger partial charge >= 0.3 is 6.18 Å². The van der Waals surface area contributed by atoms with Gasteiger partial charge in [0, 0.05) is 6.20 Å². The summed E-state index contributed by atoms with van der Waals surface area (Å²) < 4.78 is 51.2. The quantitative estimate of drug-likeness (QED) is 0.728. The van der Waals surface area contributed by atoms with E-state index in [1.54, 1.807) is 0 Å². The lowest BCUT2D eigenvalue weighted by Gasteiger charge is -2.08. The van der Waals surface area contributed by atoms with Crippen molar-refractivity contribution in [3.63, 3.8) is 0 Å². The SMILES string of the molecule is Cc1cccc(-c2nccc(C(F)(F)F)n2)c1F. The molecule has 0 bridgehead atoms. The van der Waals surface area contributed by atoms with Gasteiger partial charge in [0.15, 0.2) is 5.82 Å². The topological polar surface area (TPSA) is 25.8 Å². The Hall–Kier alpha value is -1.98. The summed E-state index contributed by atoms with van der Waals surface area (Å²) >= 11 is 0. The molecular weight excluding hydrogens is 248 g/mol. The number of rotatable bonds is 1. The second-order valence-corrected chi connectivity index (χ2v) is 3.70. The normalized spacial score (nSPS) is 11.6. The lowest BCUT2D eigenvalue weighted by atomic mass is 10.1. The van der Waals surface area contributed by atoms with Crippen molar-refractivity contribution in [2.24, 2.45) is 0 Å². The van der Waals surface area contributed by atoms with E-state index in [1.807, 2.05) is 0 Å². The van der Waals surface area contributed by atoms with Crippen LogP contribution in [0.5, 0.6) is 0 Å². The smallest absolute Gasteiger partial charge is 0.236 e. The van der Waals surface area contributed by atoms with Gasteiger partial charge in [-0.3, -0.25) is 0 Å². The maximum atomic E-state index is 13.8. The summed E-state index contributed by atoms with van der Waals surface area (Å²) in [6.45, 7) is 1.52. The van der Waals surface area contributed by atoms with E-state index in [2.05, 4.69) is 9.97 Å². The van der Waals surface area contributed by atoms with Crippen LogP contribution in [0.4, 0.5) is 17.6 Å². The van der Waals surface area contributed by atoms with Gasteiger partial charge in [-0.2, -0.15) is 13.2 Å². The van der Waals surface area contributed by atoms with Gasteiger partial charge in [-0.1, -0.05) is 12.1 Å². The summed E-state index contributed by atoms with van der Waals surface area (Å²) in [5.74, 6) is -0.886. The summed E-state index contributed by atoms with van der Waals surface area (Å²) in [5.41, 5.74) is -0.803. The van der Waals surface area contributed by atoms with Gasteiger partial charge in [0.25, 0.3) is 0 Å². The van der Waals surface area contributed by atoms with E-state index in [-0.39, 0.29) is 11.4 Å². The molecular formula is C12H8F4N2. The zero-order chi connectivity index (χ0) is 13.3. The summed E-state index contributed by atoms with van der Waals surface area (Å²) in [5, 5.41) is 0. The average Bonchev–Trinajstić information content (AvgIpc) is 2.32. The van der Waals surface area contributed by atoms with Crippen LogP contribution in [0.15, 0.2) is 30.5 Å². The zero-order valence-corrected chi connectivity index (χ0v) is 9.29. The van der Waals surface area contributed by atoms with E-state index >= 15 is 0 Å². The molecule has 1 aromatic heterocycles. The molecule has 94 valence electrons. The van der Waals surface area contributed by atoms with Crippen LogP contribution in [0.3, 0.4) is 0 Å². The van der Waals surface area contributed by atoms with Crippen molar-refractivity contribution in [1.29, 1.82) is 0 Å². The van der Waals surface area contributed by atoms with Crippen LogP contribution in [-0.2, 0) is 6.18 Å². The fraction of sp³-hybridized carbons (Fsp3) is 0.167. The van der Waals surface area contributed by atoms with E-state index in [0.29, 0.717) is 5.56 Å². The van der Waals surface area contributed by atoms with E-state index < -0.39 is 17.7 Å². The van der Waals surface area contributed by atoms with Crippen LogP contribution in [0, 0.1) is 12.7 Å². The Kier molecular flexibility index (Phi) is 3.02. The summed E-state index contributed by atoms with van der Waals surface area (Å²) in [4.78, 5) is 7.01. The number of alkyl halides is 3. The first-order valence-electron chi connectivity index (χ1n) is 5.05. The fourth-order valence-corrected chi connectivity index (χ4v) is 1.47. The van der Waals surface area contributed by atoms with Gasteiger partial charge in [-0.15, -0.1) is 0 Å². The van der Waals surface area contributed by atoms with E-state index in [1.165, 1.54) is 25.1 Å². The Balaban J connectivity index is 2.55. The highest BCUT2D eigenvalue weighted by atomic mass is 19.4. The first-order chi connectivity index (χ1) is 8.39. The third kappa shape index (κ3) is 2.32. The minimum absolute atomic E-state index is 0.0406. The zero-order valence-electron chi connectivity index (χ0n) is 9.29. The first kappa shape index (κ1) is 12.5. The van der Waals surface area contributed by atoms with Crippen molar-refractivity contribution in [3.05, 3.63) is 47.5 Å². The number of nitrogens with zero attached hydrogens (tertiary/aromatic N) is 2. The molecule has 0 atom stereocenters. The summed E-state index contributed by atoms with van der Waals surface area (Å²) in [6, 6.07) is 5.15. The molecule has 2 nitrogen and oxygen atoms in total. The van der Waals surface area contributed by atoms with Crippen LogP contribution in [0.2, 0.25) is 0 Å². The molecule has 0 aliphatic carbocycles.